The zero-order valence-electron chi connectivity index (χ0n) is 22.8. The maximum Gasteiger partial charge on any atom is 0.416 e. The summed E-state index contributed by atoms with van der Waals surface area (Å²) in [5.74, 6) is -1.11. The molecule has 0 unspecified atom stereocenters. The van der Waals surface area contributed by atoms with E-state index in [2.05, 4.69) is 15.3 Å². The normalized spacial score (nSPS) is 11.8. The molecule has 2 N–H and O–H groups in total. The van der Waals surface area contributed by atoms with E-state index in [1.165, 1.54) is 13.2 Å². The zero-order valence-corrected chi connectivity index (χ0v) is 22.8. The molecule has 0 aliphatic rings. The molecule has 224 valence electrons. The van der Waals surface area contributed by atoms with Crippen LogP contribution in [0.5, 0.6) is 6.01 Å². The van der Waals surface area contributed by atoms with Crippen LogP contribution in [0.25, 0.3) is 21.9 Å². The first-order valence-electron chi connectivity index (χ1n) is 12.5. The van der Waals surface area contributed by atoms with Gasteiger partial charge in [-0.15, -0.1) is 0 Å². The molecule has 7 nitrogen and oxygen atoms in total. The van der Waals surface area contributed by atoms with Crippen molar-refractivity contribution < 1.29 is 41.0 Å². The Morgan fingerprint density at radius 2 is 1.55 bits per heavy atom. The van der Waals surface area contributed by atoms with Crippen LogP contribution >= 0.6 is 0 Å². The van der Waals surface area contributed by atoms with E-state index in [0.29, 0.717) is 30.8 Å². The van der Waals surface area contributed by atoms with E-state index < -0.39 is 29.4 Å². The molecule has 13 heteroatoms. The van der Waals surface area contributed by atoms with Crippen LogP contribution in [0.3, 0.4) is 0 Å². The molecule has 1 heterocycles. The van der Waals surface area contributed by atoms with Crippen molar-refractivity contribution in [1.82, 2.24) is 20.2 Å². The molecule has 0 aliphatic carbocycles. The van der Waals surface area contributed by atoms with Crippen molar-refractivity contribution in [1.29, 1.82) is 0 Å². The summed E-state index contributed by atoms with van der Waals surface area (Å²) in [7, 11) is 5.29. The Balaban J connectivity index is 0.000000250. The first kappa shape index (κ1) is 32.3. The molecule has 0 bridgehead atoms. The highest BCUT2D eigenvalue weighted by atomic mass is 19.4. The summed E-state index contributed by atoms with van der Waals surface area (Å²) in [4.78, 5) is 22.0. The fourth-order valence-electron chi connectivity index (χ4n) is 3.90. The number of likely N-dealkylation sites (N-methyl/N-ethyl adjacent to an activating group) is 1. The number of nitrogens with one attached hydrogen (secondary N) is 1. The van der Waals surface area contributed by atoms with Crippen LogP contribution in [-0.2, 0) is 18.9 Å². The molecule has 0 fully saturated rings. The first-order valence-corrected chi connectivity index (χ1v) is 12.5. The topological polar surface area (TPSA) is 87.6 Å². The van der Waals surface area contributed by atoms with Crippen molar-refractivity contribution in [3.8, 4) is 17.1 Å². The van der Waals surface area contributed by atoms with Gasteiger partial charge in [-0.3, -0.25) is 0 Å². The van der Waals surface area contributed by atoms with E-state index in [1.807, 2.05) is 61.5 Å². The third-order valence-electron chi connectivity index (χ3n) is 5.85. The Hall–Kier alpha value is -4.23. The number of benzene rings is 3. The minimum absolute atomic E-state index is 0.0605. The van der Waals surface area contributed by atoms with Crippen LogP contribution in [0, 0.1) is 0 Å². The Labute approximate surface area is 237 Å². The number of aromatic nitrogens is 2. The zero-order chi connectivity index (χ0) is 31.1. The quantitative estimate of drug-likeness (QED) is 0.229. The van der Waals surface area contributed by atoms with Gasteiger partial charge in [0, 0.05) is 24.8 Å². The lowest BCUT2D eigenvalue weighted by molar-refractivity contribution is -0.143. The molecule has 0 atom stereocenters. The van der Waals surface area contributed by atoms with Crippen molar-refractivity contribution >= 4 is 16.7 Å². The van der Waals surface area contributed by atoms with Gasteiger partial charge in [0.05, 0.1) is 11.1 Å². The Kier molecular flexibility index (Phi) is 10.5. The number of rotatable bonds is 8. The Bertz CT molecular complexity index is 1490. The van der Waals surface area contributed by atoms with E-state index in [0.717, 1.165) is 16.3 Å². The number of aromatic carboxylic acids is 1. The molecule has 0 radical (unpaired) electrons. The third-order valence-corrected chi connectivity index (χ3v) is 5.85. The first-order chi connectivity index (χ1) is 19.7. The lowest BCUT2D eigenvalue weighted by atomic mass is 9.98. The molecule has 3 aromatic carbocycles. The fourth-order valence-corrected chi connectivity index (χ4v) is 3.90. The number of hydrogen-bond acceptors (Lipinski definition) is 6. The lowest BCUT2D eigenvalue weighted by Gasteiger charge is -2.13. The number of nitrogens with zero attached hydrogens (tertiary/aromatic N) is 3. The SMILES string of the molecule is CN(C)CCOc1ncc(-c2cccc3ccccc23)c(C(=O)O)n1.CNCc1cc(C(F)(F)F)cc(C(F)(F)F)c1. The Morgan fingerprint density at radius 1 is 0.929 bits per heavy atom. The highest BCUT2D eigenvalue weighted by Crippen LogP contribution is 2.36. The maximum absolute atomic E-state index is 12.4. The average Bonchev–Trinajstić information content (AvgIpc) is 2.92. The van der Waals surface area contributed by atoms with E-state index in [-0.39, 0.29) is 29.9 Å². The largest absolute Gasteiger partial charge is 0.476 e. The van der Waals surface area contributed by atoms with Crippen LogP contribution in [-0.4, -0.2) is 60.2 Å². The number of ether oxygens (including phenoxy) is 1. The van der Waals surface area contributed by atoms with Crippen molar-refractivity contribution in [3.63, 3.8) is 0 Å². The van der Waals surface area contributed by atoms with Crippen LogP contribution in [0.2, 0.25) is 0 Å². The molecule has 0 aliphatic heterocycles. The summed E-state index contributed by atoms with van der Waals surface area (Å²) in [6.45, 7) is 1.02. The second-order valence-corrected chi connectivity index (χ2v) is 9.34. The van der Waals surface area contributed by atoms with Crippen LogP contribution < -0.4 is 10.1 Å². The molecule has 4 rings (SSSR count). The van der Waals surface area contributed by atoms with Gasteiger partial charge in [0.1, 0.15) is 6.61 Å². The summed E-state index contributed by atoms with van der Waals surface area (Å²) in [6, 6.07) is 15.1. The molecular formula is C29H28F6N4O3. The van der Waals surface area contributed by atoms with Gasteiger partial charge in [0.25, 0.3) is 0 Å². The number of carbonyl (C=O) groups is 1. The van der Waals surface area contributed by atoms with Gasteiger partial charge >= 0.3 is 24.3 Å². The minimum atomic E-state index is -4.79. The second kappa shape index (κ2) is 13.6. The molecule has 0 saturated carbocycles. The second-order valence-electron chi connectivity index (χ2n) is 9.34. The minimum Gasteiger partial charge on any atom is -0.476 e. The molecule has 0 spiro atoms. The summed E-state index contributed by atoms with van der Waals surface area (Å²) in [5, 5.41) is 14.1. The van der Waals surface area contributed by atoms with Gasteiger partial charge in [0.2, 0.25) is 0 Å². The average molecular weight is 595 g/mol. The number of fused-ring (bicyclic) bond motifs is 1. The number of hydrogen-bond donors (Lipinski definition) is 2. The highest BCUT2D eigenvalue weighted by Gasteiger charge is 2.36. The lowest BCUT2D eigenvalue weighted by Crippen LogP contribution is -2.20. The molecule has 4 aromatic rings. The van der Waals surface area contributed by atoms with Crippen molar-refractivity contribution in [3.05, 3.63) is 89.2 Å². The number of halogens is 6. The summed E-state index contributed by atoms with van der Waals surface area (Å²) in [5.41, 5.74) is -1.45. The van der Waals surface area contributed by atoms with E-state index in [4.69, 9.17) is 4.74 Å². The molecular weight excluding hydrogens is 566 g/mol. The predicted octanol–water partition coefficient (Wildman–Crippen LogP) is 6.38. The van der Waals surface area contributed by atoms with Gasteiger partial charge in [-0.1, -0.05) is 42.5 Å². The number of carboxylic acids is 1. The van der Waals surface area contributed by atoms with Gasteiger partial charge in [0.15, 0.2) is 5.69 Å². The van der Waals surface area contributed by atoms with Gasteiger partial charge in [-0.2, -0.15) is 31.3 Å². The van der Waals surface area contributed by atoms with Crippen LogP contribution in [0.4, 0.5) is 26.3 Å². The fraction of sp³-hybridized carbons (Fsp3) is 0.276. The van der Waals surface area contributed by atoms with Gasteiger partial charge in [-0.05, 0) is 61.2 Å². The standard InChI is InChI=1S/C19H19N3O3.C10H9F6N/c1-22(2)10-11-25-19-20-12-16(17(21-19)18(23)24)15-9-5-7-13-6-3-4-8-14(13)15;1-17-5-6-2-7(9(11,12)13)4-8(3-6)10(14,15)16/h3-9,12H,10-11H2,1-2H3,(H,23,24);2-4,17H,5H2,1H3. The molecule has 1 aromatic heterocycles. The molecule has 0 amide bonds. The van der Waals surface area contributed by atoms with Crippen molar-refractivity contribution in [2.45, 2.75) is 18.9 Å². The third kappa shape index (κ3) is 8.63. The summed E-state index contributed by atoms with van der Waals surface area (Å²) < 4.78 is 79.8. The molecule has 42 heavy (non-hydrogen) atoms. The van der Waals surface area contributed by atoms with E-state index in [9.17, 15) is 36.2 Å². The van der Waals surface area contributed by atoms with E-state index in [1.54, 1.807) is 0 Å². The van der Waals surface area contributed by atoms with Gasteiger partial charge < -0.3 is 20.1 Å². The highest BCUT2D eigenvalue weighted by molar-refractivity contribution is 6.02. The summed E-state index contributed by atoms with van der Waals surface area (Å²) in [6.07, 6.45) is -8.06. The predicted molar refractivity (Wildman–Crippen MR) is 145 cm³/mol. The number of carboxylic acid groups (broad SMARTS) is 1. The summed E-state index contributed by atoms with van der Waals surface area (Å²) >= 11 is 0. The number of alkyl halides is 6. The van der Waals surface area contributed by atoms with E-state index >= 15 is 0 Å². The van der Waals surface area contributed by atoms with Crippen molar-refractivity contribution in [2.75, 3.05) is 34.3 Å². The molecule has 0 saturated heterocycles. The smallest absolute Gasteiger partial charge is 0.416 e. The van der Waals surface area contributed by atoms with Gasteiger partial charge in [-0.25, -0.2) is 9.78 Å². The Morgan fingerprint density at radius 3 is 2.12 bits per heavy atom. The monoisotopic (exact) mass is 594 g/mol. The van der Waals surface area contributed by atoms with Crippen molar-refractivity contribution in [2.24, 2.45) is 0 Å². The van der Waals surface area contributed by atoms with Crippen LogP contribution in [0.1, 0.15) is 27.2 Å². The van der Waals surface area contributed by atoms with Crippen LogP contribution in [0.15, 0.2) is 66.9 Å². The maximum atomic E-state index is 12.4.